The molecular formula is C17H26N2O4. The maximum absolute atomic E-state index is 11.4. The maximum Gasteiger partial charge on any atom is 0.355 e. The van der Waals surface area contributed by atoms with Crippen molar-refractivity contribution in [3.8, 4) is 5.75 Å². The van der Waals surface area contributed by atoms with Gasteiger partial charge in [0.1, 0.15) is 11.8 Å². The highest BCUT2D eigenvalue weighted by Gasteiger charge is 2.18. The normalized spacial score (nSPS) is 11.9. The van der Waals surface area contributed by atoms with Crippen LogP contribution in [-0.2, 0) is 22.5 Å². The van der Waals surface area contributed by atoms with E-state index in [0.717, 1.165) is 30.4 Å². The minimum Gasteiger partial charge on any atom is -0.508 e. The van der Waals surface area contributed by atoms with Crippen LogP contribution in [-0.4, -0.2) is 17.1 Å². The van der Waals surface area contributed by atoms with E-state index in [2.05, 4.69) is 17.1 Å². The van der Waals surface area contributed by atoms with E-state index in [4.69, 9.17) is 5.73 Å². The standard InChI is InChI=1S/C17H26N2O4/c1-2-3-4-5-6-7-8-13-11-15(20)10-9-14(13)12-16(18)17(21)23-19-22/h9-11,16,20H,2-8,12,18H2,1H3/t16-/m0/s1. The van der Waals surface area contributed by atoms with Gasteiger partial charge in [0.25, 0.3) is 0 Å². The quantitative estimate of drug-likeness (QED) is 0.369. The fourth-order valence-corrected chi connectivity index (χ4v) is 2.56. The molecule has 23 heavy (non-hydrogen) atoms. The second-order valence-corrected chi connectivity index (χ2v) is 5.77. The number of benzene rings is 1. The van der Waals surface area contributed by atoms with E-state index in [0.29, 0.717) is 0 Å². The second kappa shape index (κ2) is 10.7. The fraction of sp³-hybridized carbons (Fsp3) is 0.588. The molecular weight excluding hydrogens is 296 g/mol. The number of nitrogens with zero attached hydrogens (tertiary/aromatic N) is 1. The summed E-state index contributed by atoms with van der Waals surface area (Å²) in [6.07, 6.45) is 8.18. The minimum absolute atomic E-state index is 0.195. The number of carbonyl (C=O) groups is 1. The molecule has 0 saturated heterocycles. The van der Waals surface area contributed by atoms with Crippen LogP contribution < -0.4 is 5.73 Å². The van der Waals surface area contributed by atoms with E-state index in [1.807, 2.05) is 0 Å². The lowest BCUT2D eigenvalue weighted by molar-refractivity contribution is -0.145. The van der Waals surface area contributed by atoms with Gasteiger partial charge in [-0.05, 0) is 42.5 Å². The van der Waals surface area contributed by atoms with Crippen LogP contribution in [0, 0.1) is 4.91 Å². The van der Waals surface area contributed by atoms with Crippen LogP contribution in [0.3, 0.4) is 0 Å². The Bertz CT molecular complexity index is 505. The molecule has 6 heteroatoms. The molecule has 0 unspecified atom stereocenters. The Morgan fingerprint density at radius 3 is 2.61 bits per heavy atom. The third kappa shape index (κ3) is 7.23. The van der Waals surface area contributed by atoms with E-state index in [-0.39, 0.29) is 12.2 Å². The van der Waals surface area contributed by atoms with Crippen molar-refractivity contribution in [1.82, 2.24) is 0 Å². The van der Waals surface area contributed by atoms with Crippen molar-refractivity contribution in [2.24, 2.45) is 11.1 Å². The van der Waals surface area contributed by atoms with Gasteiger partial charge in [-0.2, -0.15) is 0 Å². The molecule has 1 aromatic carbocycles. The zero-order chi connectivity index (χ0) is 17.1. The molecule has 0 bridgehead atoms. The number of phenols is 1. The van der Waals surface area contributed by atoms with E-state index in [9.17, 15) is 14.8 Å². The first-order valence-electron chi connectivity index (χ1n) is 8.18. The summed E-state index contributed by atoms with van der Waals surface area (Å²) in [6, 6.07) is 4.08. The molecule has 0 spiro atoms. The molecule has 1 rings (SSSR count). The van der Waals surface area contributed by atoms with Crippen LogP contribution in [0.25, 0.3) is 0 Å². The fourth-order valence-electron chi connectivity index (χ4n) is 2.56. The van der Waals surface area contributed by atoms with Crippen LogP contribution in [0.15, 0.2) is 23.5 Å². The van der Waals surface area contributed by atoms with E-state index in [1.165, 1.54) is 25.7 Å². The first-order chi connectivity index (χ1) is 11.1. The van der Waals surface area contributed by atoms with E-state index >= 15 is 0 Å². The van der Waals surface area contributed by atoms with Crippen LogP contribution >= 0.6 is 0 Å². The third-order valence-electron chi connectivity index (χ3n) is 3.86. The topological polar surface area (TPSA) is 102 Å². The first-order valence-corrected chi connectivity index (χ1v) is 8.18. The lowest BCUT2D eigenvalue weighted by atomic mass is 9.96. The highest BCUT2D eigenvalue weighted by molar-refractivity contribution is 5.75. The number of nitrogens with two attached hydrogens (primary N) is 1. The molecule has 3 N–H and O–H groups in total. The Kier molecular flexibility index (Phi) is 8.90. The van der Waals surface area contributed by atoms with Crippen LogP contribution in [0.2, 0.25) is 0 Å². The summed E-state index contributed by atoms with van der Waals surface area (Å²) in [4.78, 5) is 25.4. The van der Waals surface area contributed by atoms with Crippen molar-refractivity contribution >= 4 is 5.97 Å². The molecule has 6 nitrogen and oxygen atoms in total. The Hall–Kier alpha value is -1.95. The van der Waals surface area contributed by atoms with E-state index in [1.54, 1.807) is 18.2 Å². The summed E-state index contributed by atoms with van der Waals surface area (Å²) in [6.45, 7) is 2.19. The Labute approximate surface area is 137 Å². The van der Waals surface area contributed by atoms with Gasteiger partial charge < -0.3 is 10.8 Å². The summed E-state index contributed by atoms with van der Waals surface area (Å²) in [7, 11) is 0. The molecule has 0 amide bonds. The minimum atomic E-state index is -0.944. The van der Waals surface area contributed by atoms with Crippen molar-refractivity contribution in [3.63, 3.8) is 0 Å². The monoisotopic (exact) mass is 322 g/mol. The molecule has 0 saturated carbocycles. The Morgan fingerprint density at radius 1 is 1.22 bits per heavy atom. The van der Waals surface area contributed by atoms with Gasteiger partial charge in [-0.25, -0.2) is 4.79 Å². The number of rotatable bonds is 11. The number of unbranched alkanes of at least 4 members (excludes halogenated alkanes) is 5. The first kappa shape index (κ1) is 19.1. The third-order valence-corrected chi connectivity index (χ3v) is 3.86. The number of aromatic hydroxyl groups is 1. The van der Waals surface area contributed by atoms with Crippen LogP contribution in [0.5, 0.6) is 5.75 Å². The van der Waals surface area contributed by atoms with Crippen molar-refractivity contribution in [1.29, 1.82) is 0 Å². The van der Waals surface area contributed by atoms with Gasteiger partial charge in [-0.1, -0.05) is 45.1 Å². The highest BCUT2D eigenvalue weighted by Crippen LogP contribution is 2.21. The molecule has 1 atom stereocenters. The number of hydrogen-bond acceptors (Lipinski definition) is 6. The maximum atomic E-state index is 11.4. The predicted octanol–water partition coefficient (Wildman–Crippen LogP) is 3.39. The lowest BCUT2D eigenvalue weighted by Gasteiger charge is -2.13. The largest absolute Gasteiger partial charge is 0.508 e. The van der Waals surface area contributed by atoms with Crippen molar-refractivity contribution in [3.05, 3.63) is 34.2 Å². The van der Waals surface area contributed by atoms with Crippen molar-refractivity contribution in [2.45, 2.75) is 64.3 Å². The van der Waals surface area contributed by atoms with Gasteiger partial charge in [0, 0.05) is 0 Å². The second-order valence-electron chi connectivity index (χ2n) is 5.77. The summed E-state index contributed by atoms with van der Waals surface area (Å²) >= 11 is 0. The van der Waals surface area contributed by atoms with Crippen molar-refractivity contribution < 1.29 is 14.7 Å². The smallest absolute Gasteiger partial charge is 0.355 e. The Morgan fingerprint density at radius 2 is 1.91 bits per heavy atom. The van der Waals surface area contributed by atoms with E-state index < -0.39 is 12.0 Å². The predicted molar refractivity (Wildman–Crippen MR) is 88.8 cm³/mol. The van der Waals surface area contributed by atoms with Gasteiger partial charge in [-0.3, -0.25) is 4.84 Å². The zero-order valence-corrected chi connectivity index (χ0v) is 13.7. The average Bonchev–Trinajstić information content (AvgIpc) is 2.53. The molecule has 0 aliphatic heterocycles. The molecule has 0 fully saturated rings. The molecule has 128 valence electrons. The molecule has 0 heterocycles. The van der Waals surface area contributed by atoms with Gasteiger partial charge in [-0.15, -0.1) is 4.91 Å². The number of carbonyl (C=O) groups excluding carboxylic acids is 1. The van der Waals surface area contributed by atoms with Gasteiger partial charge >= 0.3 is 5.97 Å². The molecule has 0 aliphatic carbocycles. The van der Waals surface area contributed by atoms with Crippen molar-refractivity contribution in [2.75, 3.05) is 0 Å². The molecule has 0 aromatic heterocycles. The van der Waals surface area contributed by atoms with Gasteiger partial charge in [0.05, 0.1) is 0 Å². The summed E-state index contributed by atoms with van der Waals surface area (Å²) in [5.74, 6) is -0.654. The Balaban J connectivity index is 2.58. The highest BCUT2D eigenvalue weighted by atomic mass is 16.7. The number of phenolic OH excluding ortho intramolecular Hbond substituents is 1. The lowest BCUT2D eigenvalue weighted by Crippen LogP contribution is -2.33. The molecule has 0 aliphatic rings. The van der Waals surface area contributed by atoms with Gasteiger partial charge in [0.2, 0.25) is 0 Å². The molecule has 1 aromatic rings. The summed E-state index contributed by atoms with van der Waals surface area (Å²) in [5, 5.41) is 11.8. The SMILES string of the molecule is CCCCCCCCc1cc(O)ccc1C[C@H](N)C(=O)ON=O. The molecule has 0 radical (unpaired) electrons. The number of hydrogen-bond donors (Lipinski definition) is 2. The average molecular weight is 322 g/mol. The number of aryl methyl sites for hydroxylation is 1. The van der Waals surface area contributed by atoms with Crippen LogP contribution in [0.1, 0.15) is 56.6 Å². The zero-order valence-electron chi connectivity index (χ0n) is 13.7. The summed E-state index contributed by atoms with van der Waals surface area (Å²) < 4.78 is 0. The summed E-state index contributed by atoms with van der Waals surface area (Å²) in [5.41, 5.74) is 7.57. The van der Waals surface area contributed by atoms with Crippen LogP contribution in [0.4, 0.5) is 0 Å². The van der Waals surface area contributed by atoms with Gasteiger partial charge in [0.15, 0.2) is 5.34 Å².